The van der Waals surface area contributed by atoms with Gasteiger partial charge >= 0.3 is 142 Å². The molecule has 1 aromatic rings. The molecule has 0 saturated carbocycles. The summed E-state index contributed by atoms with van der Waals surface area (Å²) in [6, 6.07) is 6.96. The Bertz CT molecular complexity index is 446. The first-order valence-electron chi connectivity index (χ1n) is 7.17. The zero-order chi connectivity index (χ0) is 15.9. The summed E-state index contributed by atoms with van der Waals surface area (Å²) in [6.45, 7) is 18.5. The number of halogens is 1. The van der Waals surface area contributed by atoms with Crippen LogP contribution >= 0.6 is 18.9 Å². The second-order valence-corrected chi connectivity index (χ2v) is 16.7. The van der Waals surface area contributed by atoms with E-state index in [1.54, 1.807) is 0 Å². The molecule has 1 unspecified atom stereocenters. The van der Waals surface area contributed by atoms with Crippen molar-refractivity contribution in [2.45, 2.75) is 69.3 Å². The van der Waals surface area contributed by atoms with E-state index in [0.717, 1.165) is 0 Å². The van der Waals surface area contributed by atoms with Crippen LogP contribution in [0.5, 0.6) is 0 Å². The first-order chi connectivity index (χ1) is 8.84. The Morgan fingerprint density at radius 1 is 0.900 bits per heavy atom. The van der Waals surface area contributed by atoms with Crippen LogP contribution in [0.2, 0.25) is 0 Å². The molecule has 0 aliphatic rings. The van der Waals surface area contributed by atoms with Crippen molar-refractivity contribution in [3.05, 3.63) is 29.3 Å². The molecule has 0 nitrogen and oxygen atoms in total. The molecular formula is C17H29ClPPd. The first-order valence-corrected chi connectivity index (χ1v) is 10.6. The van der Waals surface area contributed by atoms with Gasteiger partial charge in [-0.05, 0) is 0 Å². The fourth-order valence-electron chi connectivity index (χ4n) is 3.91. The van der Waals surface area contributed by atoms with Gasteiger partial charge in [-0.25, -0.2) is 0 Å². The summed E-state index contributed by atoms with van der Waals surface area (Å²) in [5, 5.41) is 1.83. The molecule has 0 saturated heterocycles. The van der Waals surface area contributed by atoms with Crippen LogP contribution in [0.1, 0.15) is 52.7 Å². The maximum absolute atomic E-state index is 6.80. The summed E-state index contributed by atoms with van der Waals surface area (Å²) < 4.78 is 0.0479. The average Bonchev–Trinajstić information content (AvgIpc) is 2.09. The van der Waals surface area contributed by atoms with E-state index in [1.165, 1.54) is 16.4 Å². The molecule has 1 atom stereocenters. The van der Waals surface area contributed by atoms with Gasteiger partial charge in [0.1, 0.15) is 0 Å². The Morgan fingerprint density at radius 2 is 1.25 bits per heavy atom. The second-order valence-electron chi connectivity index (χ2n) is 7.95. The van der Waals surface area contributed by atoms with Crippen molar-refractivity contribution in [3.63, 3.8) is 0 Å². The van der Waals surface area contributed by atoms with Crippen molar-refractivity contribution in [3.8, 4) is 0 Å². The molecule has 20 heavy (non-hydrogen) atoms. The van der Waals surface area contributed by atoms with Crippen molar-refractivity contribution in [2.75, 3.05) is 0 Å². The fraction of sp³-hybridized carbons (Fsp3) is 0.647. The van der Waals surface area contributed by atoms with Gasteiger partial charge in [0, 0.05) is 0 Å². The number of hydrogen-bond acceptors (Lipinski definition) is 0. The first kappa shape index (κ1) is 18.7. The third-order valence-electron chi connectivity index (χ3n) is 4.34. The zero-order valence-electron chi connectivity index (χ0n) is 14.0. The van der Waals surface area contributed by atoms with Crippen molar-refractivity contribution >= 4 is 24.2 Å². The monoisotopic (exact) mass is 405 g/mol. The van der Waals surface area contributed by atoms with Crippen LogP contribution in [0.25, 0.3) is 0 Å². The summed E-state index contributed by atoms with van der Waals surface area (Å²) in [6.07, 6.45) is 0. The standard InChI is InChI=1S/C17H29ClP.Pd/c1-13-9-14(2)11-15(10-13)19(12-18,16(3,4)5)17(6,7)8;/h9-12,19H,1-8H3;. The van der Waals surface area contributed by atoms with Crippen LogP contribution in [-0.2, 0) is 19.2 Å². The van der Waals surface area contributed by atoms with E-state index >= 15 is 0 Å². The molecule has 0 fully saturated rings. The minimum atomic E-state index is -2.02. The summed E-state index contributed by atoms with van der Waals surface area (Å²) in [4.78, 5) is 0. The molecule has 119 valence electrons. The van der Waals surface area contributed by atoms with Gasteiger partial charge in [-0.3, -0.25) is 0 Å². The fourth-order valence-corrected chi connectivity index (χ4v) is 17.4. The zero-order valence-corrected chi connectivity index (χ0v) is 17.3. The quantitative estimate of drug-likeness (QED) is 0.353. The third kappa shape index (κ3) is 3.18. The Kier molecular flexibility index (Phi) is 5.60. The number of rotatable bonds is 2. The van der Waals surface area contributed by atoms with Crippen molar-refractivity contribution in [1.29, 1.82) is 0 Å². The maximum atomic E-state index is 6.80. The molecule has 3 heteroatoms. The van der Waals surface area contributed by atoms with Crippen LogP contribution in [0, 0.1) is 13.8 Å². The molecule has 0 aromatic heterocycles. The normalized spacial score (nSPS) is 16.1. The topological polar surface area (TPSA) is 0 Å². The number of aryl methyl sites for hydroxylation is 2. The van der Waals surface area contributed by atoms with Gasteiger partial charge in [0.15, 0.2) is 0 Å². The van der Waals surface area contributed by atoms with E-state index in [0.29, 0.717) is 0 Å². The molecule has 0 heterocycles. The molecule has 0 radical (unpaired) electrons. The molecule has 0 bridgehead atoms. The number of benzene rings is 1. The van der Waals surface area contributed by atoms with Gasteiger partial charge in [0.2, 0.25) is 0 Å². The summed E-state index contributed by atoms with van der Waals surface area (Å²) in [7, 11) is -2.02. The number of alkyl halides is 1. The van der Waals surface area contributed by atoms with Crippen LogP contribution in [0.4, 0.5) is 0 Å². The van der Waals surface area contributed by atoms with Crippen LogP contribution in [-0.4, -0.2) is 13.9 Å². The Balaban J connectivity index is 3.77. The van der Waals surface area contributed by atoms with Crippen molar-refractivity contribution < 1.29 is 19.2 Å². The molecule has 0 aliphatic heterocycles. The predicted molar refractivity (Wildman–Crippen MR) is 93.0 cm³/mol. The van der Waals surface area contributed by atoms with Gasteiger partial charge < -0.3 is 0 Å². The molecule has 0 aliphatic carbocycles. The van der Waals surface area contributed by atoms with Gasteiger partial charge in [0.25, 0.3) is 0 Å². The van der Waals surface area contributed by atoms with Gasteiger partial charge in [-0.2, -0.15) is 0 Å². The molecule has 0 spiro atoms. The van der Waals surface area contributed by atoms with Crippen LogP contribution in [0.15, 0.2) is 18.2 Å². The van der Waals surface area contributed by atoms with E-state index in [4.69, 9.17) is 11.6 Å². The summed E-state index contributed by atoms with van der Waals surface area (Å²) >= 11 is 10.3. The van der Waals surface area contributed by atoms with Gasteiger partial charge in [-0.1, -0.05) is 0 Å². The average molecular weight is 406 g/mol. The Hall–Kier alpha value is 0.602. The summed E-state index contributed by atoms with van der Waals surface area (Å²) in [5.41, 5.74) is 2.67. The van der Waals surface area contributed by atoms with E-state index in [9.17, 15) is 0 Å². The minimum absolute atomic E-state index is 0.0479. The van der Waals surface area contributed by atoms with Crippen LogP contribution < -0.4 is 5.30 Å². The van der Waals surface area contributed by atoms with E-state index in [1.807, 2.05) is 0 Å². The Labute approximate surface area is 141 Å². The Morgan fingerprint density at radius 3 is 1.50 bits per heavy atom. The number of hydrogen-bond donors (Lipinski definition) is 0. The van der Waals surface area contributed by atoms with Crippen molar-refractivity contribution in [2.24, 2.45) is 0 Å². The second kappa shape index (κ2) is 6.01. The molecule has 0 N–H and O–H groups in total. The van der Waals surface area contributed by atoms with Crippen LogP contribution in [0.3, 0.4) is 0 Å². The molecular weight excluding hydrogens is 377 g/mol. The van der Waals surface area contributed by atoms with E-state index in [2.05, 4.69) is 92.8 Å². The van der Waals surface area contributed by atoms with Gasteiger partial charge in [0.05, 0.1) is 0 Å². The van der Waals surface area contributed by atoms with Gasteiger partial charge in [-0.15, -0.1) is 0 Å². The SMILES string of the molecule is Cc1cc(C)cc([PH]([CH](Cl)[Pd])(C(C)(C)C)C(C)(C)C)c1. The predicted octanol–water partition coefficient (Wildman–Crippen LogP) is 5.34. The summed E-state index contributed by atoms with van der Waals surface area (Å²) in [5.74, 6) is 0. The molecule has 0 amide bonds. The van der Waals surface area contributed by atoms with E-state index in [-0.39, 0.29) is 13.9 Å². The third-order valence-corrected chi connectivity index (χ3v) is 13.9. The van der Waals surface area contributed by atoms with E-state index < -0.39 is 7.26 Å². The van der Waals surface area contributed by atoms with Crippen molar-refractivity contribution in [1.82, 2.24) is 0 Å². The molecule has 1 aromatic carbocycles. The molecule has 1 rings (SSSR count).